The second-order valence-electron chi connectivity index (χ2n) is 6.82. The van der Waals surface area contributed by atoms with E-state index >= 15 is 0 Å². The maximum Gasteiger partial charge on any atom is 0.125 e. The lowest BCUT2D eigenvalue weighted by Crippen LogP contribution is -1.99. The van der Waals surface area contributed by atoms with Gasteiger partial charge in [-0.1, -0.05) is 42.5 Å². The van der Waals surface area contributed by atoms with Crippen molar-refractivity contribution in [1.82, 2.24) is 4.98 Å². The second-order valence-corrected chi connectivity index (χ2v) is 7.91. The maximum atomic E-state index is 13.9. The molecule has 1 aliphatic rings. The summed E-state index contributed by atoms with van der Waals surface area (Å²) < 4.78 is 13.9. The number of aryl methyl sites for hydroxylation is 2. The van der Waals surface area contributed by atoms with E-state index in [9.17, 15) is 4.39 Å². The van der Waals surface area contributed by atoms with Gasteiger partial charge in [0, 0.05) is 15.8 Å². The SMILES string of the molecule is Fc1cccc(-c2cc(-c3ccccc3)nc3sc4c(c23)CCCC4)c1. The Morgan fingerprint density at radius 1 is 0.846 bits per heavy atom. The Labute approximate surface area is 156 Å². The van der Waals surface area contributed by atoms with Crippen molar-refractivity contribution in [2.75, 3.05) is 0 Å². The van der Waals surface area contributed by atoms with Crippen molar-refractivity contribution in [3.05, 3.63) is 76.9 Å². The summed E-state index contributed by atoms with van der Waals surface area (Å²) in [6.45, 7) is 0. The number of rotatable bonds is 2. The van der Waals surface area contributed by atoms with Crippen LogP contribution in [-0.2, 0) is 12.8 Å². The molecule has 0 saturated carbocycles. The van der Waals surface area contributed by atoms with Crippen LogP contribution in [0, 0.1) is 5.82 Å². The fourth-order valence-electron chi connectivity index (χ4n) is 3.90. The molecule has 1 nitrogen and oxygen atoms in total. The molecule has 0 fully saturated rings. The summed E-state index contributed by atoms with van der Waals surface area (Å²) in [6.07, 6.45) is 4.71. The second kappa shape index (κ2) is 6.33. The minimum atomic E-state index is -0.196. The van der Waals surface area contributed by atoms with Gasteiger partial charge in [-0.25, -0.2) is 9.37 Å². The Morgan fingerprint density at radius 2 is 1.65 bits per heavy atom. The number of benzene rings is 2. The monoisotopic (exact) mass is 359 g/mol. The third-order valence-corrected chi connectivity index (χ3v) is 6.32. The summed E-state index contributed by atoms with van der Waals surface area (Å²) >= 11 is 1.82. The van der Waals surface area contributed by atoms with Crippen molar-refractivity contribution >= 4 is 21.6 Å². The molecule has 128 valence electrons. The third kappa shape index (κ3) is 2.63. The summed E-state index contributed by atoms with van der Waals surface area (Å²) in [7, 11) is 0. The average Bonchev–Trinajstić information content (AvgIpc) is 3.06. The fourth-order valence-corrected chi connectivity index (χ4v) is 5.19. The number of thiophene rings is 1. The van der Waals surface area contributed by atoms with E-state index in [1.54, 1.807) is 12.1 Å². The standard InChI is InChI=1S/C23H18FNS/c24-17-10-6-9-16(13-17)19-14-20(15-7-2-1-3-8-15)25-23-22(19)18-11-4-5-12-21(18)26-23/h1-3,6-10,13-14H,4-5,11-12H2. The van der Waals surface area contributed by atoms with Crippen LogP contribution in [0.4, 0.5) is 4.39 Å². The number of aromatic nitrogens is 1. The van der Waals surface area contributed by atoms with Crippen LogP contribution < -0.4 is 0 Å². The number of nitrogens with zero attached hydrogens (tertiary/aromatic N) is 1. The normalized spacial score (nSPS) is 13.7. The van der Waals surface area contributed by atoms with Gasteiger partial charge >= 0.3 is 0 Å². The smallest absolute Gasteiger partial charge is 0.125 e. The highest BCUT2D eigenvalue weighted by Crippen LogP contribution is 2.42. The van der Waals surface area contributed by atoms with Crippen LogP contribution in [0.15, 0.2) is 60.7 Å². The first kappa shape index (κ1) is 15.7. The summed E-state index contributed by atoms with van der Waals surface area (Å²) in [6, 6.07) is 19.3. The Balaban J connectivity index is 1.83. The molecule has 0 atom stereocenters. The van der Waals surface area contributed by atoms with E-state index in [4.69, 9.17) is 4.98 Å². The van der Waals surface area contributed by atoms with Crippen LogP contribution in [0.3, 0.4) is 0 Å². The number of hydrogen-bond acceptors (Lipinski definition) is 2. The van der Waals surface area contributed by atoms with Crippen LogP contribution >= 0.6 is 11.3 Å². The average molecular weight is 359 g/mol. The predicted molar refractivity (Wildman–Crippen MR) is 107 cm³/mol. The van der Waals surface area contributed by atoms with E-state index in [0.717, 1.165) is 40.1 Å². The van der Waals surface area contributed by atoms with Gasteiger partial charge in [-0.05, 0) is 60.6 Å². The van der Waals surface area contributed by atoms with Crippen LogP contribution in [-0.4, -0.2) is 4.98 Å². The molecular weight excluding hydrogens is 341 g/mol. The van der Waals surface area contributed by atoms with Gasteiger partial charge in [0.15, 0.2) is 0 Å². The van der Waals surface area contributed by atoms with Crippen molar-refractivity contribution in [2.45, 2.75) is 25.7 Å². The van der Waals surface area contributed by atoms with E-state index in [0.29, 0.717) is 0 Å². The zero-order valence-electron chi connectivity index (χ0n) is 14.3. The van der Waals surface area contributed by atoms with Crippen molar-refractivity contribution in [3.63, 3.8) is 0 Å². The number of halogens is 1. The molecular formula is C23H18FNS. The lowest BCUT2D eigenvalue weighted by Gasteiger charge is -2.13. The lowest BCUT2D eigenvalue weighted by atomic mass is 9.92. The van der Waals surface area contributed by atoms with E-state index in [2.05, 4.69) is 18.2 Å². The number of pyridine rings is 1. The van der Waals surface area contributed by atoms with Crippen LogP contribution in [0.1, 0.15) is 23.3 Å². The van der Waals surface area contributed by atoms with Gasteiger partial charge in [-0.2, -0.15) is 0 Å². The minimum absolute atomic E-state index is 0.196. The summed E-state index contributed by atoms with van der Waals surface area (Å²) in [5.41, 5.74) is 5.52. The van der Waals surface area contributed by atoms with Crippen molar-refractivity contribution in [3.8, 4) is 22.4 Å². The molecule has 0 amide bonds. The number of hydrogen-bond donors (Lipinski definition) is 0. The van der Waals surface area contributed by atoms with Crippen molar-refractivity contribution in [1.29, 1.82) is 0 Å². The zero-order valence-corrected chi connectivity index (χ0v) is 15.2. The van der Waals surface area contributed by atoms with Crippen LogP contribution in [0.5, 0.6) is 0 Å². The van der Waals surface area contributed by atoms with Gasteiger partial charge in [0.2, 0.25) is 0 Å². The lowest BCUT2D eigenvalue weighted by molar-refractivity contribution is 0.628. The highest BCUT2D eigenvalue weighted by atomic mass is 32.1. The quantitative estimate of drug-likeness (QED) is 0.390. The van der Waals surface area contributed by atoms with Gasteiger partial charge in [-0.3, -0.25) is 0 Å². The first-order valence-electron chi connectivity index (χ1n) is 9.06. The Bertz CT molecular complexity index is 1100. The number of fused-ring (bicyclic) bond motifs is 3. The molecule has 0 aliphatic heterocycles. The van der Waals surface area contributed by atoms with Gasteiger partial charge in [-0.15, -0.1) is 11.3 Å². The highest BCUT2D eigenvalue weighted by molar-refractivity contribution is 7.19. The molecule has 2 heterocycles. The fraction of sp³-hybridized carbons (Fsp3) is 0.174. The van der Waals surface area contributed by atoms with Crippen LogP contribution in [0.25, 0.3) is 32.6 Å². The minimum Gasteiger partial charge on any atom is -0.237 e. The molecule has 0 spiro atoms. The molecule has 3 heteroatoms. The van der Waals surface area contributed by atoms with Gasteiger partial charge in [0.25, 0.3) is 0 Å². The maximum absolute atomic E-state index is 13.9. The molecule has 5 rings (SSSR count). The van der Waals surface area contributed by atoms with E-state index in [1.165, 1.54) is 34.7 Å². The molecule has 26 heavy (non-hydrogen) atoms. The first-order valence-corrected chi connectivity index (χ1v) is 9.88. The van der Waals surface area contributed by atoms with E-state index in [-0.39, 0.29) is 5.82 Å². The van der Waals surface area contributed by atoms with Crippen molar-refractivity contribution < 1.29 is 4.39 Å². The van der Waals surface area contributed by atoms with Gasteiger partial charge in [0.1, 0.15) is 10.6 Å². The molecule has 0 saturated heterocycles. The highest BCUT2D eigenvalue weighted by Gasteiger charge is 2.21. The Hall–Kier alpha value is -2.52. The first-order chi connectivity index (χ1) is 12.8. The Kier molecular flexibility index (Phi) is 3.83. The topological polar surface area (TPSA) is 12.9 Å². The predicted octanol–water partition coefficient (Wildman–Crippen LogP) is 6.65. The molecule has 0 bridgehead atoms. The summed E-state index contributed by atoms with van der Waals surface area (Å²) in [5, 5.41) is 1.23. The molecule has 0 radical (unpaired) electrons. The third-order valence-electron chi connectivity index (χ3n) is 5.13. The van der Waals surface area contributed by atoms with Gasteiger partial charge in [0.05, 0.1) is 5.69 Å². The summed E-state index contributed by atoms with van der Waals surface area (Å²) in [4.78, 5) is 7.52. The van der Waals surface area contributed by atoms with Gasteiger partial charge < -0.3 is 0 Å². The Morgan fingerprint density at radius 3 is 2.50 bits per heavy atom. The van der Waals surface area contributed by atoms with Crippen molar-refractivity contribution in [2.24, 2.45) is 0 Å². The van der Waals surface area contributed by atoms with E-state index < -0.39 is 0 Å². The molecule has 1 aliphatic carbocycles. The van der Waals surface area contributed by atoms with E-state index in [1.807, 2.05) is 35.6 Å². The summed E-state index contributed by atoms with van der Waals surface area (Å²) in [5.74, 6) is -0.196. The molecule has 2 aromatic carbocycles. The largest absolute Gasteiger partial charge is 0.237 e. The van der Waals surface area contributed by atoms with Crippen LogP contribution in [0.2, 0.25) is 0 Å². The molecule has 2 aromatic heterocycles. The molecule has 4 aromatic rings. The zero-order chi connectivity index (χ0) is 17.5. The molecule has 0 unspecified atom stereocenters. The molecule has 0 N–H and O–H groups in total.